The van der Waals surface area contributed by atoms with Gasteiger partial charge in [-0.15, -0.1) is 11.6 Å². The van der Waals surface area contributed by atoms with Crippen LogP contribution in [-0.4, -0.2) is 27.2 Å². The van der Waals surface area contributed by atoms with E-state index in [1.807, 2.05) is 0 Å². The van der Waals surface area contributed by atoms with Crippen molar-refractivity contribution >= 4 is 20.2 Å². The van der Waals surface area contributed by atoms with Crippen LogP contribution in [0.3, 0.4) is 0 Å². The van der Waals surface area contributed by atoms with Crippen LogP contribution in [-0.2, 0) is 8.85 Å². The summed E-state index contributed by atoms with van der Waals surface area (Å²) in [4.78, 5) is 0. The van der Waals surface area contributed by atoms with Gasteiger partial charge < -0.3 is 8.85 Å². The molecule has 0 spiro atoms. The molecular formula is C12H23ClO2Si. The zero-order valence-corrected chi connectivity index (χ0v) is 12.1. The molecule has 2 unspecified atom stereocenters. The molecular weight excluding hydrogens is 240 g/mol. The van der Waals surface area contributed by atoms with E-state index in [1.54, 1.807) is 0 Å². The lowest BCUT2D eigenvalue weighted by atomic mass is 9.98. The molecule has 94 valence electrons. The molecule has 0 aromatic heterocycles. The standard InChI is InChI=1S/C12H23ClO2Si/c1-3-14-16(15-4-2,10-6-5-7-10)12-9-8-11(12)13/h10-12H,3-9H2,1-2H3. The normalized spacial score (nSPS) is 30.9. The highest BCUT2D eigenvalue weighted by Crippen LogP contribution is 2.55. The lowest BCUT2D eigenvalue weighted by Gasteiger charge is -2.50. The van der Waals surface area contributed by atoms with Crippen LogP contribution in [0.1, 0.15) is 46.0 Å². The van der Waals surface area contributed by atoms with E-state index < -0.39 is 8.56 Å². The van der Waals surface area contributed by atoms with Gasteiger partial charge in [-0.1, -0.05) is 6.42 Å². The van der Waals surface area contributed by atoms with E-state index >= 15 is 0 Å². The summed E-state index contributed by atoms with van der Waals surface area (Å²) in [5, 5.41) is 0.311. The van der Waals surface area contributed by atoms with E-state index in [0.29, 0.717) is 16.5 Å². The third-order valence-electron chi connectivity index (χ3n) is 4.12. The Balaban J connectivity index is 2.12. The summed E-state index contributed by atoms with van der Waals surface area (Å²) in [5.41, 5.74) is 1.25. The molecule has 2 atom stereocenters. The minimum atomic E-state index is -2.02. The first-order valence-corrected chi connectivity index (χ1v) is 9.07. The Morgan fingerprint density at radius 1 is 1.06 bits per heavy atom. The van der Waals surface area contributed by atoms with Gasteiger partial charge in [-0.2, -0.15) is 0 Å². The molecule has 2 fully saturated rings. The lowest BCUT2D eigenvalue weighted by Crippen LogP contribution is -2.58. The largest absolute Gasteiger partial charge is 0.394 e. The summed E-state index contributed by atoms with van der Waals surface area (Å²) in [7, 11) is -2.02. The molecule has 16 heavy (non-hydrogen) atoms. The Hall–Kier alpha value is 0.427. The Kier molecular flexibility index (Phi) is 4.33. The molecule has 0 amide bonds. The van der Waals surface area contributed by atoms with Crippen molar-refractivity contribution < 1.29 is 8.85 Å². The molecule has 2 rings (SSSR count). The van der Waals surface area contributed by atoms with Crippen LogP contribution < -0.4 is 0 Å². The molecule has 0 aromatic carbocycles. The third-order valence-corrected chi connectivity index (χ3v) is 9.77. The number of halogens is 1. The minimum absolute atomic E-state index is 0.311. The van der Waals surface area contributed by atoms with Gasteiger partial charge in [-0.25, -0.2) is 0 Å². The van der Waals surface area contributed by atoms with E-state index in [1.165, 1.54) is 25.7 Å². The molecule has 2 aliphatic carbocycles. The van der Waals surface area contributed by atoms with Crippen molar-refractivity contribution in [3.63, 3.8) is 0 Å². The van der Waals surface area contributed by atoms with Crippen molar-refractivity contribution in [1.29, 1.82) is 0 Å². The van der Waals surface area contributed by atoms with Crippen LogP contribution in [0.2, 0.25) is 11.1 Å². The molecule has 0 bridgehead atoms. The van der Waals surface area contributed by atoms with Crippen molar-refractivity contribution in [3.05, 3.63) is 0 Å². The van der Waals surface area contributed by atoms with E-state index in [-0.39, 0.29) is 0 Å². The Bertz CT molecular complexity index is 227. The molecule has 0 aromatic rings. The van der Waals surface area contributed by atoms with Gasteiger partial charge in [0.25, 0.3) is 0 Å². The van der Waals surface area contributed by atoms with Gasteiger partial charge in [0.05, 0.1) is 0 Å². The summed E-state index contributed by atoms with van der Waals surface area (Å²) in [6.07, 6.45) is 6.31. The molecule has 2 saturated carbocycles. The van der Waals surface area contributed by atoms with Gasteiger partial charge in [0.1, 0.15) is 0 Å². The van der Waals surface area contributed by atoms with Crippen molar-refractivity contribution in [2.75, 3.05) is 13.2 Å². The zero-order chi connectivity index (χ0) is 11.6. The average Bonchev–Trinajstić information content (AvgIpc) is 2.13. The Morgan fingerprint density at radius 3 is 1.94 bits per heavy atom. The highest BCUT2D eigenvalue weighted by Gasteiger charge is 2.58. The highest BCUT2D eigenvalue weighted by molar-refractivity contribution is 6.72. The van der Waals surface area contributed by atoms with Gasteiger partial charge in [-0.05, 0) is 39.5 Å². The number of rotatable bonds is 6. The maximum atomic E-state index is 6.37. The number of hydrogen-bond acceptors (Lipinski definition) is 2. The predicted molar refractivity (Wildman–Crippen MR) is 69.2 cm³/mol. The molecule has 4 heteroatoms. The third kappa shape index (κ3) is 2.07. The maximum absolute atomic E-state index is 6.37. The Morgan fingerprint density at radius 2 is 1.69 bits per heavy atom. The summed E-state index contributed by atoms with van der Waals surface area (Å²) in [6.45, 7) is 5.73. The van der Waals surface area contributed by atoms with Gasteiger partial charge in [-0.3, -0.25) is 0 Å². The molecule has 0 N–H and O–H groups in total. The SMILES string of the molecule is CCO[Si](OCC)(C1CCC1)C1CCC1Cl. The summed E-state index contributed by atoms with van der Waals surface area (Å²) < 4.78 is 12.4. The van der Waals surface area contributed by atoms with Gasteiger partial charge >= 0.3 is 8.56 Å². The minimum Gasteiger partial charge on any atom is -0.394 e. The van der Waals surface area contributed by atoms with Crippen LogP contribution in [0.15, 0.2) is 0 Å². The van der Waals surface area contributed by atoms with Gasteiger partial charge in [0, 0.05) is 29.7 Å². The van der Waals surface area contributed by atoms with Gasteiger partial charge in [0.15, 0.2) is 0 Å². The van der Waals surface area contributed by atoms with Crippen LogP contribution >= 0.6 is 11.6 Å². The van der Waals surface area contributed by atoms with Crippen molar-refractivity contribution in [2.45, 2.75) is 62.4 Å². The van der Waals surface area contributed by atoms with Crippen molar-refractivity contribution in [3.8, 4) is 0 Å². The lowest BCUT2D eigenvalue weighted by molar-refractivity contribution is 0.135. The van der Waals surface area contributed by atoms with Crippen LogP contribution in [0.4, 0.5) is 0 Å². The second kappa shape index (κ2) is 5.38. The Labute approximate surface area is 105 Å². The average molecular weight is 263 g/mol. The highest BCUT2D eigenvalue weighted by atomic mass is 35.5. The fraction of sp³-hybridized carbons (Fsp3) is 1.00. The molecule has 2 nitrogen and oxygen atoms in total. The van der Waals surface area contributed by atoms with Crippen LogP contribution in [0, 0.1) is 0 Å². The second-order valence-corrected chi connectivity index (χ2v) is 9.05. The van der Waals surface area contributed by atoms with Crippen molar-refractivity contribution in [2.24, 2.45) is 0 Å². The molecule has 0 aliphatic heterocycles. The van der Waals surface area contributed by atoms with E-state index in [0.717, 1.165) is 19.6 Å². The molecule has 2 aliphatic rings. The fourth-order valence-electron chi connectivity index (χ4n) is 2.97. The topological polar surface area (TPSA) is 18.5 Å². The van der Waals surface area contributed by atoms with Gasteiger partial charge in [0.2, 0.25) is 0 Å². The van der Waals surface area contributed by atoms with Crippen LogP contribution in [0.25, 0.3) is 0 Å². The molecule has 0 saturated heterocycles. The van der Waals surface area contributed by atoms with E-state index in [9.17, 15) is 0 Å². The number of hydrogen-bond donors (Lipinski definition) is 0. The monoisotopic (exact) mass is 262 g/mol. The molecule has 0 radical (unpaired) electrons. The smallest absolute Gasteiger partial charge is 0.346 e. The first-order chi connectivity index (χ1) is 7.74. The molecule has 0 heterocycles. The zero-order valence-electron chi connectivity index (χ0n) is 10.4. The summed E-state index contributed by atoms with van der Waals surface area (Å²) >= 11 is 6.37. The van der Waals surface area contributed by atoms with Crippen LogP contribution in [0.5, 0.6) is 0 Å². The first kappa shape index (κ1) is 12.9. The quantitative estimate of drug-likeness (QED) is 0.535. The predicted octanol–water partition coefficient (Wildman–Crippen LogP) is 3.83. The summed E-state index contributed by atoms with van der Waals surface area (Å²) in [6, 6.07) is 0. The van der Waals surface area contributed by atoms with E-state index in [4.69, 9.17) is 20.5 Å². The summed E-state index contributed by atoms with van der Waals surface area (Å²) in [5.74, 6) is 0. The van der Waals surface area contributed by atoms with Crippen molar-refractivity contribution in [1.82, 2.24) is 0 Å². The maximum Gasteiger partial charge on any atom is 0.346 e. The first-order valence-electron chi connectivity index (χ1n) is 6.66. The van der Waals surface area contributed by atoms with E-state index in [2.05, 4.69) is 13.8 Å². The fourth-order valence-corrected chi connectivity index (χ4v) is 8.69. The number of alkyl halides is 1. The second-order valence-electron chi connectivity index (χ2n) is 4.92.